The van der Waals surface area contributed by atoms with E-state index in [1.807, 2.05) is 0 Å². The van der Waals surface area contributed by atoms with Gasteiger partial charge in [0.15, 0.2) is 0 Å². The van der Waals surface area contributed by atoms with Crippen LogP contribution in [0.2, 0.25) is 0 Å². The number of aldehydes is 1. The van der Waals surface area contributed by atoms with E-state index in [-0.39, 0.29) is 5.90 Å². The summed E-state index contributed by atoms with van der Waals surface area (Å²) < 4.78 is 0. The summed E-state index contributed by atoms with van der Waals surface area (Å²) in [5, 5.41) is 10.9. The smallest absolute Gasteiger partial charge is 0.248 e. The van der Waals surface area contributed by atoms with E-state index in [4.69, 9.17) is 10.2 Å². The van der Waals surface area contributed by atoms with Crippen molar-refractivity contribution in [2.24, 2.45) is 5.16 Å². The molecule has 0 saturated heterocycles. The number of carbonyl (C=O) groups excluding carboxylic acids is 1. The number of oxime groups is 1. The van der Waals surface area contributed by atoms with Gasteiger partial charge < -0.3 is 4.84 Å². The molecule has 0 aromatic heterocycles. The summed E-state index contributed by atoms with van der Waals surface area (Å²) in [5.41, 5.74) is 1.15. The van der Waals surface area contributed by atoms with Crippen molar-refractivity contribution in [3.8, 4) is 0 Å². The third kappa shape index (κ3) is 2.52. The lowest BCUT2D eigenvalue weighted by Crippen LogP contribution is -2.00. The third-order valence-electron chi connectivity index (χ3n) is 1.56. The zero-order chi connectivity index (χ0) is 10.4. The minimum atomic E-state index is -0.0412. The highest BCUT2D eigenvalue weighted by Crippen LogP contribution is 2.04. The monoisotopic (exact) mass is 190 g/mol. The van der Waals surface area contributed by atoms with E-state index in [1.165, 1.54) is 6.21 Å². The molecule has 1 rings (SSSR count). The van der Waals surface area contributed by atoms with Gasteiger partial charge in [0.05, 0.1) is 0 Å². The molecule has 72 valence electrons. The number of benzene rings is 1. The molecule has 0 atom stereocenters. The van der Waals surface area contributed by atoms with Crippen molar-refractivity contribution in [3.05, 3.63) is 35.4 Å². The number of hydrogen-bond donors (Lipinski definition) is 1. The van der Waals surface area contributed by atoms with Crippen LogP contribution in [0.4, 0.5) is 0 Å². The highest BCUT2D eigenvalue weighted by atomic mass is 16.6. The van der Waals surface area contributed by atoms with Gasteiger partial charge in [-0.1, -0.05) is 17.3 Å². The van der Waals surface area contributed by atoms with Crippen molar-refractivity contribution in [2.75, 3.05) is 0 Å². The first-order valence-corrected chi connectivity index (χ1v) is 4.07. The fourth-order valence-electron chi connectivity index (χ4n) is 0.871. The molecule has 0 spiro atoms. The summed E-state index contributed by atoms with van der Waals surface area (Å²) in [6.45, 7) is 1.70. The minimum absolute atomic E-state index is 0.0412. The lowest BCUT2D eigenvalue weighted by Gasteiger charge is -2.00. The van der Waals surface area contributed by atoms with Gasteiger partial charge in [0.25, 0.3) is 0 Å². The Kier molecular flexibility index (Phi) is 3.55. The van der Waals surface area contributed by atoms with Crippen molar-refractivity contribution in [1.82, 2.24) is 0 Å². The topological polar surface area (TPSA) is 62.5 Å². The van der Waals surface area contributed by atoms with Crippen molar-refractivity contribution in [1.29, 1.82) is 5.41 Å². The SMILES string of the molecule is C/C=N/OC(=N)c1ccc(C=O)cc1. The molecule has 4 nitrogen and oxygen atoms in total. The second kappa shape index (κ2) is 4.91. The predicted molar refractivity (Wildman–Crippen MR) is 53.9 cm³/mol. The van der Waals surface area contributed by atoms with Crippen LogP contribution in [0.5, 0.6) is 0 Å². The maximum Gasteiger partial charge on any atom is 0.248 e. The van der Waals surface area contributed by atoms with Gasteiger partial charge in [0.2, 0.25) is 5.90 Å². The first-order chi connectivity index (χ1) is 6.77. The normalized spacial score (nSPS) is 10.1. The number of nitrogens with zero attached hydrogens (tertiary/aromatic N) is 1. The number of nitrogens with one attached hydrogen (secondary N) is 1. The van der Waals surface area contributed by atoms with E-state index >= 15 is 0 Å². The van der Waals surface area contributed by atoms with Crippen molar-refractivity contribution >= 4 is 18.4 Å². The van der Waals surface area contributed by atoms with Gasteiger partial charge in [-0.05, 0) is 19.1 Å². The van der Waals surface area contributed by atoms with Crippen LogP contribution in [0.15, 0.2) is 29.4 Å². The van der Waals surface area contributed by atoms with Gasteiger partial charge in [-0.2, -0.15) is 0 Å². The van der Waals surface area contributed by atoms with Crippen molar-refractivity contribution < 1.29 is 9.63 Å². The Morgan fingerprint density at radius 3 is 2.57 bits per heavy atom. The van der Waals surface area contributed by atoms with E-state index in [0.717, 1.165) is 6.29 Å². The van der Waals surface area contributed by atoms with Gasteiger partial charge in [0, 0.05) is 17.3 Å². The zero-order valence-corrected chi connectivity index (χ0v) is 7.73. The van der Waals surface area contributed by atoms with Gasteiger partial charge in [-0.3, -0.25) is 10.2 Å². The van der Waals surface area contributed by atoms with E-state index in [1.54, 1.807) is 31.2 Å². The maximum absolute atomic E-state index is 10.4. The summed E-state index contributed by atoms with van der Waals surface area (Å²) in [7, 11) is 0. The van der Waals surface area contributed by atoms with Crippen LogP contribution in [0.1, 0.15) is 22.8 Å². The van der Waals surface area contributed by atoms with Crippen LogP contribution < -0.4 is 0 Å². The van der Waals surface area contributed by atoms with Gasteiger partial charge >= 0.3 is 0 Å². The molecule has 0 unspecified atom stereocenters. The van der Waals surface area contributed by atoms with E-state index in [9.17, 15) is 4.79 Å². The number of hydrogen-bond acceptors (Lipinski definition) is 4. The van der Waals surface area contributed by atoms with Crippen molar-refractivity contribution in [2.45, 2.75) is 6.92 Å². The molecule has 0 aliphatic heterocycles. The molecule has 1 N–H and O–H groups in total. The molecule has 0 radical (unpaired) electrons. The molecule has 0 bridgehead atoms. The largest absolute Gasteiger partial charge is 0.337 e. The third-order valence-corrected chi connectivity index (χ3v) is 1.56. The molecule has 0 heterocycles. The summed E-state index contributed by atoms with van der Waals surface area (Å²) in [4.78, 5) is 15.1. The Labute approximate surface area is 81.7 Å². The van der Waals surface area contributed by atoms with Gasteiger partial charge in [0.1, 0.15) is 6.29 Å². The molecule has 14 heavy (non-hydrogen) atoms. The highest BCUT2D eigenvalue weighted by molar-refractivity contribution is 5.92. The van der Waals surface area contributed by atoms with Gasteiger partial charge in [-0.15, -0.1) is 0 Å². The average molecular weight is 190 g/mol. The molecule has 4 heteroatoms. The molecule has 1 aromatic rings. The van der Waals surface area contributed by atoms with Crippen LogP contribution >= 0.6 is 0 Å². The maximum atomic E-state index is 10.4. The highest BCUT2D eigenvalue weighted by Gasteiger charge is 2.01. The molecular formula is C10H10N2O2. The molecule has 1 aromatic carbocycles. The molecule has 0 aliphatic rings. The van der Waals surface area contributed by atoms with Gasteiger partial charge in [-0.25, -0.2) is 0 Å². The summed E-state index contributed by atoms with van der Waals surface area (Å²) in [6.07, 6.45) is 2.20. The Bertz CT molecular complexity index is 355. The molecular weight excluding hydrogens is 180 g/mol. The summed E-state index contributed by atoms with van der Waals surface area (Å²) in [6, 6.07) is 6.51. The first kappa shape index (κ1) is 10.1. The van der Waals surface area contributed by atoms with Crippen LogP contribution in [0.25, 0.3) is 0 Å². The number of carbonyl (C=O) groups is 1. The lowest BCUT2D eigenvalue weighted by molar-refractivity contribution is 0.112. The molecule has 0 fully saturated rings. The Morgan fingerprint density at radius 1 is 1.43 bits per heavy atom. The second-order valence-electron chi connectivity index (χ2n) is 2.52. The fourth-order valence-corrected chi connectivity index (χ4v) is 0.871. The number of rotatable bonds is 3. The molecule has 0 amide bonds. The Balaban J connectivity index is 2.76. The van der Waals surface area contributed by atoms with E-state index in [2.05, 4.69) is 5.16 Å². The second-order valence-corrected chi connectivity index (χ2v) is 2.52. The van der Waals surface area contributed by atoms with Crippen LogP contribution in [-0.4, -0.2) is 18.4 Å². The Hall–Kier alpha value is -1.97. The summed E-state index contributed by atoms with van der Waals surface area (Å²) in [5.74, 6) is -0.0412. The van der Waals surface area contributed by atoms with E-state index in [0.29, 0.717) is 11.1 Å². The molecule has 0 aliphatic carbocycles. The minimum Gasteiger partial charge on any atom is -0.337 e. The van der Waals surface area contributed by atoms with E-state index < -0.39 is 0 Å². The molecule has 0 saturated carbocycles. The standard InChI is InChI=1S/C10H10N2O2/c1-2-12-14-10(11)9-5-3-8(7-13)4-6-9/h2-7,11H,1H3/b11-10?,12-2+. The van der Waals surface area contributed by atoms with Crippen LogP contribution in [-0.2, 0) is 4.84 Å². The van der Waals surface area contributed by atoms with Crippen molar-refractivity contribution in [3.63, 3.8) is 0 Å². The Morgan fingerprint density at radius 2 is 2.07 bits per heavy atom. The van der Waals surface area contributed by atoms with Crippen LogP contribution in [0, 0.1) is 5.41 Å². The fraction of sp³-hybridized carbons (Fsp3) is 0.100. The lowest BCUT2D eigenvalue weighted by atomic mass is 10.1. The summed E-state index contributed by atoms with van der Waals surface area (Å²) >= 11 is 0. The quantitative estimate of drug-likeness (QED) is 0.342. The first-order valence-electron chi connectivity index (χ1n) is 4.07. The average Bonchev–Trinajstić information content (AvgIpc) is 2.26. The predicted octanol–water partition coefficient (Wildman–Crippen LogP) is 1.85. The van der Waals surface area contributed by atoms with Crippen LogP contribution in [0.3, 0.4) is 0 Å². The zero-order valence-electron chi connectivity index (χ0n) is 7.73.